The van der Waals surface area contributed by atoms with Crippen LogP contribution in [0.2, 0.25) is 0 Å². The second kappa shape index (κ2) is 8.71. The van der Waals surface area contributed by atoms with Crippen molar-refractivity contribution in [2.24, 2.45) is 0 Å². The van der Waals surface area contributed by atoms with Crippen molar-refractivity contribution in [2.45, 2.75) is 44.4 Å². The smallest absolute Gasteiger partial charge is 0.123 e. The highest BCUT2D eigenvalue weighted by molar-refractivity contribution is 5.86. The minimum absolute atomic E-state index is 0.214. The van der Waals surface area contributed by atoms with Crippen molar-refractivity contribution in [1.29, 1.82) is 0 Å². The van der Waals surface area contributed by atoms with Crippen LogP contribution in [0.1, 0.15) is 65.6 Å². The summed E-state index contributed by atoms with van der Waals surface area (Å²) in [4.78, 5) is 0. The Morgan fingerprint density at radius 2 is 0.846 bits per heavy atom. The summed E-state index contributed by atoms with van der Waals surface area (Å²) in [7, 11) is 1.84. The maximum atomic E-state index is 6.34. The fraction of sp³-hybridized carbons (Fsp3) is 0.211. The molecule has 0 saturated heterocycles. The molecule has 39 heavy (non-hydrogen) atoms. The fourth-order valence-corrected chi connectivity index (χ4v) is 8.02. The largest absolute Gasteiger partial charge is 0.496 e. The molecule has 0 N–H and O–H groups in total. The number of hydrogen-bond donors (Lipinski definition) is 0. The van der Waals surface area contributed by atoms with Gasteiger partial charge in [-0.3, -0.25) is 0 Å². The Labute approximate surface area is 232 Å². The molecule has 5 aromatic carbocycles. The summed E-state index contributed by atoms with van der Waals surface area (Å²) < 4.78 is 6.34. The molecule has 0 heterocycles. The number of methoxy groups -OCH3 is 1. The molecule has 1 nitrogen and oxygen atoms in total. The molecule has 7 rings (SSSR count). The van der Waals surface area contributed by atoms with Crippen LogP contribution in [0.25, 0.3) is 22.3 Å². The molecule has 0 radical (unpaired) electrons. The van der Waals surface area contributed by atoms with E-state index in [2.05, 4.69) is 130 Å². The van der Waals surface area contributed by atoms with Gasteiger partial charge in [-0.25, -0.2) is 0 Å². The van der Waals surface area contributed by atoms with Crippen molar-refractivity contribution in [1.82, 2.24) is 0 Å². The van der Waals surface area contributed by atoms with Gasteiger partial charge in [0.2, 0.25) is 0 Å². The molecule has 0 amide bonds. The lowest BCUT2D eigenvalue weighted by Gasteiger charge is -2.37. The van der Waals surface area contributed by atoms with Gasteiger partial charge < -0.3 is 4.74 Å². The van der Waals surface area contributed by atoms with Crippen LogP contribution >= 0.6 is 0 Å². The molecule has 0 saturated carbocycles. The zero-order valence-corrected chi connectivity index (χ0v) is 23.2. The summed E-state index contributed by atoms with van der Waals surface area (Å²) in [5, 5.41) is 0. The third-order valence-electron chi connectivity index (χ3n) is 9.65. The van der Waals surface area contributed by atoms with Crippen LogP contribution in [0.5, 0.6) is 5.75 Å². The molecule has 192 valence electrons. The van der Waals surface area contributed by atoms with Crippen LogP contribution in [-0.2, 0) is 10.8 Å². The standard InChI is InChI=1S/C38H34O/c1-5-37(30-19-11-7-15-26(30)27-16-8-12-20-31(27)37)34-24-36(39-4)35(23-25(34)3)38(6-2)32-21-13-9-17-28(32)29-18-10-14-22-33(29)38/h7-24H,5-6H2,1-4H3. The van der Waals surface area contributed by atoms with Gasteiger partial charge in [0, 0.05) is 16.4 Å². The average Bonchev–Trinajstić information content (AvgIpc) is 3.45. The second-order valence-electron chi connectivity index (χ2n) is 11.1. The first kappa shape index (κ1) is 24.0. The minimum atomic E-state index is -0.257. The Hall–Kier alpha value is -4.10. The fourth-order valence-electron chi connectivity index (χ4n) is 8.02. The van der Waals surface area contributed by atoms with Crippen LogP contribution in [-0.4, -0.2) is 7.11 Å². The van der Waals surface area contributed by atoms with Crippen molar-refractivity contribution in [3.05, 3.63) is 148 Å². The first-order valence-corrected chi connectivity index (χ1v) is 14.2. The lowest BCUT2D eigenvalue weighted by molar-refractivity contribution is 0.398. The molecule has 1 heteroatoms. The SMILES string of the molecule is CCC1(c2cc(OC)c(C3(CC)c4ccccc4-c4ccccc43)cc2C)c2ccccc2-c2ccccc21. The third-order valence-corrected chi connectivity index (χ3v) is 9.65. The Balaban J connectivity index is 1.53. The van der Waals surface area contributed by atoms with Crippen LogP contribution < -0.4 is 4.74 Å². The third kappa shape index (κ3) is 2.96. The Bertz CT molecular complexity index is 1650. The van der Waals surface area contributed by atoms with E-state index in [1.807, 2.05) is 7.11 Å². The minimum Gasteiger partial charge on any atom is -0.496 e. The predicted octanol–water partition coefficient (Wildman–Crippen LogP) is 9.45. The molecule has 0 aromatic heterocycles. The lowest BCUT2D eigenvalue weighted by atomic mass is 9.66. The molecule has 0 aliphatic heterocycles. The Morgan fingerprint density at radius 3 is 1.21 bits per heavy atom. The van der Waals surface area contributed by atoms with Gasteiger partial charge in [-0.2, -0.15) is 0 Å². The Morgan fingerprint density at radius 1 is 0.487 bits per heavy atom. The molecule has 2 aliphatic carbocycles. The topological polar surface area (TPSA) is 9.23 Å². The molecule has 0 unspecified atom stereocenters. The molecule has 0 bridgehead atoms. The van der Waals surface area contributed by atoms with Crippen LogP contribution in [0.15, 0.2) is 109 Å². The number of hydrogen-bond acceptors (Lipinski definition) is 1. The van der Waals surface area contributed by atoms with E-state index in [1.54, 1.807) is 0 Å². The van der Waals surface area contributed by atoms with Crippen molar-refractivity contribution in [3.8, 4) is 28.0 Å². The summed E-state index contributed by atoms with van der Waals surface area (Å²) in [6.07, 6.45) is 1.94. The highest BCUT2D eigenvalue weighted by Crippen LogP contribution is 2.59. The van der Waals surface area contributed by atoms with Crippen molar-refractivity contribution < 1.29 is 4.74 Å². The van der Waals surface area contributed by atoms with E-state index in [4.69, 9.17) is 4.74 Å². The highest BCUT2D eigenvalue weighted by atomic mass is 16.5. The predicted molar refractivity (Wildman–Crippen MR) is 162 cm³/mol. The molecular formula is C38H34O. The van der Waals surface area contributed by atoms with Gasteiger partial charge in [0.05, 0.1) is 7.11 Å². The summed E-state index contributed by atoms with van der Waals surface area (Å²) in [6.45, 7) is 6.95. The zero-order valence-electron chi connectivity index (χ0n) is 23.2. The molecule has 0 spiro atoms. The van der Waals surface area contributed by atoms with Gasteiger partial charge in [-0.15, -0.1) is 0 Å². The lowest BCUT2D eigenvalue weighted by Crippen LogP contribution is -2.30. The number of benzene rings is 5. The maximum Gasteiger partial charge on any atom is 0.123 e. The number of ether oxygens (including phenoxy) is 1. The first-order valence-electron chi connectivity index (χ1n) is 14.2. The number of rotatable bonds is 5. The van der Waals surface area contributed by atoms with E-state index in [0.29, 0.717) is 0 Å². The summed E-state index contributed by atoms with van der Waals surface area (Å²) in [5.74, 6) is 0.971. The van der Waals surface area contributed by atoms with Gasteiger partial charge in [-0.05, 0) is 81.5 Å². The molecule has 2 aliphatic rings. The maximum absolute atomic E-state index is 6.34. The molecule has 0 atom stereocenters. The summed E-state index contributed by atoms with van der Waals surface area (Å²) in [5.41, 5.74) is 14.4. The van der Waals surface area contributed by atoms with Crippen molar-refractivity contribution in [3.63, 3.8) is 0 Å². The average molecular weight is 507 g/mol. The quantitative estimate of drug-likeness (QED) is 0.231. The van der Waals surface area contributed by atoms with E-state index in [1.165, 1.54) is 61.2 Å². The van der Waals surface area contributed by atoms with Crippen LogP contribution in [0, 0.1) is 6.92 Å². The summed E-state index contributed by atoms with van der Waals surface area (Å²) in [6, 6.07) is 40.6. The normalized spacial score (nSPS) is 15.3. The van der Waals surface area contributed by atoms with Gasteiger partial charge in [0.1, 0.15) is 5.75 Å². The highest BCUT2D eigenvalue weighted by Gasteiger charge is 2.47. The molecular weight excluding hydrogens is 472 g/mol. The summed E-state index contributed by atoms with van der Waals surface area (Å²) >= 11 is 0. The van der Waals surface area contributed by atoms with Crippen molar-refractivity contribution >= 4 is 0 Å². The molecule has 5 aromatic rings. The van der Waals surface area contributed by atoms with E-state index in [9.17, 15) is 0 Å². The molecule has 0 fully saturated rings. The zero-order chi connectivity index (χ0) is 26.8. The Kier molecular flexibility index (Phi) is 5.36. The van der Waals surface area contributed by atoms with E-state index >= 15 is 0 Å². The number of fused-ring (bicyclic) bond motifs is 6. The van der Waals surface area contributed by atoms with Gasteiger partial charge in [0.15, 0.2) is 0 Å². The number of aryl methyl sites for hydroxylation is 1. The van der Waals surface area contributed by atoms with Gasteiger partial charge in [0.25, 0.3) is 0 Å². The van der Waals surface area contributed by atoms with E-state index in [0.717, 1.165) is 18.6 Å². The van der Waals surface area contributed by atoms with Crippen LogP contribution in [0.3, 0.4) is 0 Å². The van der Waals surface area contributed by atoms with Gasteiger partial charge in [-0.1, -0.05) is 117 Å². The van der Waals surface area contributed by atoms with Gasteiger partial charge >= 0.3 is 0 Å². The van der Waals surface area contributed by atoms with Crippen molar-refractivity contribution in [2.75, 3.05) is 7.11 Å². The second-order valence-corrected chi connectivity index (χ2v) is 11.1. The van der Waals surface area contributed by atoms with E-state index < -0.39 is 0 Å². The van der Waals surface area contributed by atoms with Crippen LogP contribution in [0.4, 0.5) is 0 Å². The van der Waals surface area contributed by atoms with E-state index in [-0.39, 0.29) is 10.8 Å². The monoisotopic (exact) mass is 506 g/mol. The first-order chi connectivity index (χ1) is 19.1.